The van der Waals surface area contributed by atoms with E-state index in [0.717, 1.165) is 35.3 Å². The van der Waals surface area contributed by atoms with Crippen molar-refractivity contribution in [3.05, 3.63) is 89.3 Å². The third-order valence-electron chi connectivity index (χ3n) is 5.56. The molecule has 2 atom stereocenters. The van der Waals surface area contributed by atoms with Crippen molar-refractivity contribution < 1.29 is 35.8 Å². The highest BCUT2D eigenvalue weighted by Crippen LogP contribution is 2.42. The van der Waals surface area contributed by atoms with Crippen molar-refractivity contribution in [1.82, 2.24) is 20.2 Å². The summed E-state index contributed by atoms with van der Waals surface area (Å²) in [6, 6.07) is 5.90. The molecule has 3 aromatic rings. The summed E-state index contributed by atoms with van der Waals surface area (Å²) in [7, 11) is 0. The Bertz CT molecular complexity index is 1390. The Morgan fingerprint density at radius 2 is 1.76 bits per heavy atom. The normalized spacial score (nSPS) is 17.5. The Morgan fingerprint density at radius 3 is 2.32 bits per heavy atom. The molecule has 1 aromatic heterocycles. The number of halogens is 7. The van der Waals surface area contributed by atoms with Crippen molar-refractivity contribution >= 4 is 5.71 Å². The van der Waals surface area contributed by atoms with Crippen LogP contribution in [0, 0.1) is 29.4 Å². The van der Waals surface area contributed by atoms with Crippen LogP contribution in [0.15, 0.2) is 65.9 Å². The fourth-order valence-electron chi connectivity index (χ4n) is 3.61. The van der Waals surface area contributed by atoms with Gasteiger partial charge in [0.1, 0.15) is 23.7 Å². The van der Waals surface area contributed by atoms with E-state index in [1.165, 1.54) is 18.2 Å². The van der Waals surface area contributed by atoms with Gasteiger partial charge in [0.2, 0.25) is 0 Å². The molecular formula is C24H16F7N5O. The molecule has 2 heterocycles. The first-order valence-electron chi connectivity index (χ1n) is 10.6. The minimum atomic E-state index is -4.49. The molecule has 1 aliphatic rings. The maximum absolute atomic E-state index is 15.7. The highest BCUT2D eigenvalue weighted by Gasteiger charge is 2.58. The number of allylic oxidation sites excluding steroid dienone is 1. The van der Waals surface area contributed by atoms with Crippen molar-refractivity contribution in [2.45, 2.75) is 24.2 Å². The molecule has 6 nitrogen and oxygen atoms in total. The number of aliphatic imine (C=N–C) groups is 1. The highest BCUT2D eigenvalue weighted by molar-refractivity contribution is 6.02. The zero-order chi connectivity index (χ0) is 26.8. The minimum Gasteiger partial charge on any atom is -0.377 e. The molecule has 13 heteroatoms. The van der Waals surface area contributed by atoms with Crippen LogP contribution in [0.1, 0.15) is 16.7 Å². The summed E-state index contributed by atoms with van der Waals surface area (Å²) in [5.41, 5.74) is -5.60. The van der Waals surface area contributed by atoms with Gasteiger partial charge in [-0.2, -0.15) is 22.0 Å². The van der Waals surface area contributed by atoms with Crippen LogP contribution in [0.5, 0.6) is 0 Å². The third-order valence-corrected chi connectivity index (χ3v) is 5.56. The molecule has 0 bridgehead atoms. The molecule has 0 spiro atoms. The number of alkyl halides is 5. The first-order valence-corrected chi connectivity index (χ1v) is 10.6. The Kier molecular flexibility index (Phi) is 6.88. The molecule has 0 radical (unpaired) electrons. The highest BCUT2D eigenvalue weighted by atomic mass is 19.4. The molecule has 0 saturated carbocycles. The molecule has 1 aliphatic heterocycles. The monoisotopic (exact) mass is 523 g/mol. The lowest BCUT2D eigenvalue weighted by Gasteiger charge is -2.36. The second-order valence-corrected chi connectivity index (χ2v) is 8.10. The van der Waals surface area contributed by atoms with Crippen LogP contribution < -0.4 is 0 Å². The number of hydrogen-bond acceptors (Lipinski definition) is 5. The summed E-state index contributed by atoms with van der Waals surface area (Å²) in [6.07, 6.45) is -1.35. The Balaban J connectivity index is 1.58. The largest absolute Gasteiger partial charge is 0.416 e. The number of rotatable bonds is 5. The Hall–Kier alpha value is -4.05. The predicted molar refractivity (Wildman–Crippen MR) is 116 cm³/mol. The zero-order valence-electron chi connectivity index (χ0n) is 18.6. The molecule has 0 aliphatic carbocycles. The SMILES string of the molecule is OC(Cn1cnnn1)(c1ccc(F)cc1F)C(F)(F)C1=NCC(C#Cc2ccc(C(F)(F)F)cc2)C=C1. The maximum atomic E-state index is 15.7. The molecule has 2 unspecified atom stereocenters. The van der Waals surface area contributed by atoms with E-state index in [1.807, 2.05) is 0 Å². The van der Waals surface area contributed by atoms with Gasteiger partial charge in [-0.05, 0) is 52.9 Å². The van der Waals surface area contributed by atoms with E-state index in [1.54, 1.807) is 0 Å². The lowest BCUT2D eigenvalue weighted by atomic mass is 9.83. The number of nitrogens with zero attached hydrogens (tertiary/aromatic N) is 5. The van der Waals surface area contributed by atoms with Crippen molar-refractivity contribution in [3.63, 3.8) is 0 Å². The van der Waals surface area contributed by atoms with Gasteiger partial charge in [-0.3, -0.25) is 4.99 Å². The number of hydrogen-bond donors (Lipinski definition) is 1. The Morgan fingerprint density at radius 1 is 1.03 bits per heavy atom. The average Bonchev–Trinajstić information content (AvgIpc) is 3.35. The summed E-state index contributed by atoms with van der Waals surface area (Å²) >= 11 is 0. The van der Waals surface area contributed by atoms with Gasteiger partial charge in [0.25, 0.3) is 0 Å². The van der Waals surface area contributed by atoms with E-state index in [9.17, 15) is 27.1 Å². The van der Waals surface area contributed by atoms with Gasteiger partial charge in [-0.25, -0.2) is 13.5 Å². The second kappa shape index (κ2) is 9.78. The van der Waals surface area contributed by atoms with E-state index in [0.29, 0.717) is 12.1 Å². The summed E-state index contributed by atoms with van der Waals surface area (Å²) in [5, 5.41) is 21.2. The van der Waals surface area contributed by atoms with E-state index in [-0.39, 0.29) is 12.1 Å². The number of benzene rings is 2. The number of aromatic nitrogens is 4. The Labute approximate surface area is 205 Å². The van der Waals surface area contributed by atoms with Gasteiger partial charge < -0.3 is 5.11 Å². The quantitative estimate of drug-likeness (QED) is 0.403. The minimum absolute atomic E-state index is 0.262. The van der Waals surface area contributed by atoms with Gasteiger partial charge in [-0.15, -0.1) is 5.10 Å². The summed E-state index contributed by atoms with van der Waals surface area (Å²) < 4.78 is 98.2. The molecule has 192 valence electrons. The predicted octanol–water partition coefficient (Wildman–Crippen LogP) is 4.17. The standard InChI is InChI=1S/C24H16F7N5O/c25-18-8-9-19(20(26)11-18)22(37,13-36-14-33-34-35-36)23(27,28)21-10-5-16(12-32-21)2-1-15-3-6-17(7-4-15)24(29,30)31/h3-11,14,16,37H,12-13H2. The van der Waals surface area contributed by atoms with Crippen LogP contribution in [-0.2, 0) is 18.3 Å². The van der Waals surface area contributed by atoms with E-state index < -0.39 is 58.6 Å². The average molecular weight is 523 g/mol. The first-order chi connectivity index (χ1) is 17.4. The topological polar surface area (TPSA) is 76.2 Å². The van der Waals surface area contributed by atoms with Gasteiger partial charge >= 0.3 is 12.1 Å². The third kappa shape index (κ3) is 5.39. The lowest BCUT2D eigenvalue weighted by molar-refractivity contribution is -0.154. The van der Waals surface area contributed by atoms with Crippen LogP contribution in [0.3, 0.4) is 0 Å². The van der Waals surface area contributed by atoms with E-state index in [4.69, 9.17) is 0 Å². The molecule has 1 N–H and O–H groups in total. The first kappa shape index (κ1) is 26.0. The smallest absolute Gasteiger partial charge is 0.377 e. The van der Waals surface area contributed by atoms with Crippen molar-refractivity contribution in [1.29, 1.82) is 0 Å². The maximum Gasteiger partial charge on any atom is 0.416 e. The molecule has 0 saturated heterocycles. The van der Waals surface area contributed by atoms with Gasteiger partial charge in [-0.1, -0.05) is 17.9 Å². The zero-order valence-corrected chi connectivity index (χ0v) is 18.6. The molecule has 0 fully saturated rings. The summed E-state index contributed by atoms with van der Waals surface area (Å²) in [5.74, 6) is -1.90. The fourth-order valence-corrected chi connectivity index (χ4v) is 3.61. The lowest BCUT2D eigenvalue weighted by Crippen LogP contribution is -2.54. The van der Waals surface area contributed by atoms with Crippen molar-refractivity contribution in [2.75, 3.05) is 6.54 Å². The second-order valence-electron chi connectivity index (χ2n) is 8.10. The van der Waals surface area contributed by atoms with Gasteiger partial charge in [0.15, 0.2) is 5.60 Å². The van der Waals surface area contributed by atoms with Gasteiger partial charge in [0.05, 0.1) is 24.6 Å². The summed E-state index contributed by atoms with van der Waals surface area (Å²) in [4.78, 5) is 3.82. The molecular weight excluding hydrogens is 507 g/mol. The number of dihydropyridines is 1. The van der Waals surface area contributed by atoms with Crippen molar-refractivity contribution in [3.8, 4) is 11.8 Å². The van der Waals surface area contributed by atoms with Crippen LogP contribution in [0.2, 0.25) is 0 Å². The van der Waals surface area contributed by atoms with Crippen molar-refractivity contribution in [2.24, 2.45) is 10.9 Å². The molecule has 37 heavy (non-hydrogen) atoms. The number of aliphatic hydroxyl groups is 1. The van der Waals surface area contributed by atoms with Crippen LogP contribution in [0.25, 0.3) is 0 Å². The van der Waals surface area contributed by atoms with Crippen LogP contribution in [0.4, 0.5) is 30.7 Å². The van der Waals surface area contributed by atoms with Crippen LogP contribution >= 0.6 is 0 Å². The summed E-state index contributed by atoms with van der Waals surface area (Å²) in [6.45, 7) is -1.25. The van der Waals surface area contributed by atoms with Gasteiger partial charge in [0, 0.05) is 17.2 Å². The molecule has 4 rings (SSSR count). The molecule has 0 amide bonds. The van der Waals surface area contributed by atoms with E-state index in [2.05, 4.69) is 32.4 Å². The fraction of sp³-hybridized carbons (Fsp3) is 0.250. The van der Waals surface area contributed by atoms with Crippen LogP contribution in [-0.4, -0.2) is 43.5 Å². The van der Waals surface area contributed by atoms with E-state index >= 15 is 8.78 Å². The molecule has 2 aromatic carbocycles. The number of tetrazole rings is 1.